The molecular formula is C33H47N3O9. The van der Waals surface area contributed by atoms with Crippen LogP contribution in [0.15, 0.2) is 71.1 Å². The van der Waals surface area contributed by atoms with E-state index in [0.29, 0.717) is 12.0 Å². The number of hydrogen-bond acceptors (Lipinski definition) is 10. The van der Waals surface area contributed by atoms with Crippen LogP contribution in [0.2, 0.25) is 0 Å². The van der Waals surface area contributed by atoms with Crippen LogP contribution in [0, 0.1) is 11.8 Å². The summed E-state index contributed by atoms with van der Waals surface area (Å²) in [5.74, 6) is -2.23. The number of amides is 2. The normalized spacial score (nSPS) is 32.0. The summed E-state index contributed by atoms with van der Waals surface area (Å²) >= 11 is 0. The van der Waals surface area contributed by atoms with Gasteiger partial charge in [-0.15, -0.1) is 6.58 Å². The first-order chi connectivity index (χ1) is 21.3. The summed E-state index contributed by atoms with van der Waals surface area (Å²) < 4.78 is 28.6. The summed E-state index contributed by atoms with van der Waals surface area (Å²) in [6.45, 7) is 11.0. The fourth-order valence-electron chi connectivity index (χ4n) is 5.61. The first kappa shape index (κ1) is 37.3. The Balaban J connectivity index is 2.76. The topological polar surface area (TPSA) is 165 Å². The summed E-state index contributed by atoms with van der Waals surface area (Å²) in [6.07, 6.45) is 5.36. The first-order valence-electron chi connectivity index (χ1n) is 14.7. The van der Waals surface area contributed by atoms with Gasteiger partial charge in [0.1, 0.15) is 17.5 Å². The maximum absolute atomic E-state index is 13.9. The smallest absolute Gasteiger partial charge is 0.405 e. The summed E-state index contributed by atoms with van der Waals surface area (Å²) in [5.41, 5.74) is 6.15. The molecule has 2 amide bonds. The number of ketones is 2. The molecule has 45 heavy (non-hydrogen) atoms. The van der Waals surface area contributed by atoms with E-state index in [2.05, 4.69) is 17.2 Å². The van der Waals surface area contributed by atoms with E-state index in [1.54, 1.807) is 40.2 Å². The molecule has 2 bridgehead atoms. The number of carbonyl (C=O) groups is 4. The minimum Gasteiger partial charge on any atom is -0.439 e. The zero-order valence-corrected chi connectivity index (χ0v) is 27.4. The summed E-state index contributed by atoms with van der Waals surface area (Å²) in [4.78, 5) is 52.4. The lowest BCUT2D eigenvalue weighted by atomic mass is 9.83. The predicted octanol–water partition coefficient (Wildman–Crippen LogP) is 2.82. The average Bonchev–Trinajstić information content (AvgIpc) is 2.99. The highest BCUT2D eigenvalue weighted by Crippen LogP contribution is 2.30. The molecule has 4 N–H and O–H groups in total. The van der Waals surface area contributed by atoms with Gasteiger partial charge in [0.25, 0.3) is 5.91 Å². The number of methoxy groups -OCH3 is 4. The van der Waals surface area contributed by atoms with Crippen LogP contribution in [0.25, 0.3) is 0 Å². The van der Waals surface area contributed by atoms with Crippen molar-refractivity contribution < 1.29 is 42.9 Å². The average molecular weight is 630 g/mol. The molecule has 2 unspecified atom stereocenters. The third-order valence-corrected chi connectivity index (χ3v) is 7.87. The fourth-order valence-corrected chi connectivity index (χ4v) is 5.61. The number of carbonyl (C=O) groups excluding carboxylic acids is 4. The Morgan fingerprint density at radius 1 is 1.07 bits per heavy atom. The van der Waals surface area contributed by atoms with Crippen molar-refractivity contribution in [1.82, 2.24) is 10.6 Å². The molecule has 0 aromatic rings. The number of fused-ring (bicyclic) bond motifs is 2. The Morgan fingerprint density at radius 3 is 2.31 bits per heavy atom. The first-order valence-corrected chi connectivity index (χ1v) is 14.7. The van der Waals surface area contributed by atoms with E-state index < -0.39 is 54.1 Å². The van der Waals surface area contributed by atoms with Crippen LogP contribution in [0.4, 0.5) is 4.79 Å². The Hall–Kier alpha value is -3.84. The van der Waals surface area contributed by atoms with Crippen LogP contribution < -0.4 is 16.4 Å². The van der Waals surface area contributed by atoms with E-state index in [4.69, 9.17) is 29.4 Å². The Morgan fingerprint density at radius 2 is 1.76 bits per heavy atom. The molecule has 0 saturated carbocycles. The molecule has 1 aliphatic heterocycles. The molecule has 1 aliphatic carbocycles. The number of nitrogens with two attached hydrogens (primary N) is 1. The quantitative estimate of drug-likeness (QED) is 0.269. The second kappa shape index (κ2) is 17.6. The van der Waals surface area contributed by atoms with Crippen molar-refractivity contribution in [1.29, 1.82) is 0 Å². The van der Waals surface area contributed by atoms with Gasteiger partial charge < -0.3 is 40.1 Å². The van der Waals surface area contributed by atoms with E-state index in [9.17, 15) is 19.2 Å². The SMILES string of the molecule is C=CCNC1=C2NC(=O)/C(C)=C/C=C\C(OC)[C@@H](OC(N)=O)/C(C)=C/[C@H](C)C(OC)[C@@H](OC)C[C@H](C)[C@@H](OC)C(=CC1=O)C2=O. The highest BCUT2D eigenvalue weighted by Gasteiger charge is 2.38. The molecule has 1 heterocycles. The summed E-state index contributed by atoms with van der Waals surface area (Å²) in [5, 5.41) is 5.50. The molecule has 2 aliphatic rings. The number of primary amides is 1. The van der Waals surface area contributed by atoms with Gasteiger partial charge >= 0.3 is 6.09 Å². The van der Waals surface area contributed by atoms with Gasteiger partial charge in [0.05, 0.1) is 18.3 Å². The molecule has 0 spiro atoms. The second-order valence-corrected chi connectivity index (χ2v) is 11.1. The van der Waals surface area contributed by atoms with Gasteiger partial charge in [0, 0.05) is 52.0 Å². The van der Waals surface area contributed by atoms with Gasteiger partial charge in [0.15, 0.2) is 6.10 Å². The van der Waals surface area contributed by atoms with Crippen LogP contribution >= 0.6 is 0 Å². The lowest BCUT2D eigenvalue weighted by Gasteiger charge is -2.34. The van der Waals surface area contributed by atoms with Crippen molar-refractivity contribution in [2.45, 2.75) is 64.6 Å². The highest BCUT2D eigenvalue weighted by atomic mass is 16.6. The molecule has 0 aromatic carbocycles. The van der Waals surface area contributed by atoms with Crippen molar-refractivity contribution in [2.24, 2.45) is 17.6 Å². The lowest BCUT2D eigenvalue weighted by Crippen LogP contribution is -2.43. The molecule has 12 nitrogen and oxygen atoms in total. The van der Waals surface area contributed by atoms with Crippen molar-refractivity contribution in [3.8, 4) is 0 Å². The van der Waals surface area contributed by atoms with Crippen LogP contribution in [0.3, 0.4) is 0 Å². The summed E-state index contributed by atoms with van der Waals surface area (Å²) in [6, 6.07) is 0. The molecule has 0 aromatic heterocycles. The minimum atomic E-state index is -0.980. The number of hydrogen-bond donors (Lipinski definition) is 3. The van der Waals surface area contributed by atoms with Crippen molar-refractivity contribution in [2.75, 3.05) is 35.0 Å². The largest absolute Gasteiger partial charge is 0.439 e. The number of allylic oxidation sites excluding steroid dienone is 4. The molecule has 0 fully saturated rings. The van der Waals surface area contributed by atoms with E-state index in [0.717, 1.165) is 0 Å². The van der Waals surface area contributed by atoms with Gasteiger partial charge in [-0.25, -0.2) is 4.79 Å². The van der Waals surface area contributed by atoms with Crippen LogP contribution in [0.1, 0.15) is 34.1 Å². The van der Waals surface area contributed by atoms with Gasteiger partial charge in [0.2, 0.25) is 11.6 Å². The standard InChI is InChI=1S/C33H47N3O9/c1-10-14-35-26-23(37)17-22-28(38)27(26)36-32(39)18(2)12-11-13-24(41-6)31(45-33(34)40)20(4)15-19(3)30(44-9)25(42-7)16-21(5)29(22)43-8/h10-13,15,17,19,21,24-25,29-31,35H,1,14,16H2,2-9H3,(H2,34,40)(H,36,39)/b13-11-,18-12+,20-15+/t19-,21-,24?,25-,29+,30?,31-/m0/s1. The summed E-state index contributed by atoms with van der Waals surface area (Å²) in [7, 11) is 6.04. The molecular weight excluding hydrogens is 582 g/mol. The van der Waals surface area contributed by atoms with Gasteiger partial charge in [-0.3, -0.25) is 14.4 Å². The van der Waals surface area contributed by atoms with Gasteiger partial charge in [-0.1, -0.05) is 44.2 Å². The number of Topliss-reactive ketones (excluding diaryl/α,β-unsaturated/α-hetero) is 1. The van der Waals surface area contributed by atoms with E-state index in [-0.39, 0.29) is 40.9 Å². The molecule has 0 radical (unpaired) electrons. The predicted molar refractivity (Wildman–Crippen MR) is 169 cm³/mol. The zero-order valence-electron chi connectivity index (χ0n) is 27.4. The van der Waals surface area contributed by atoms with Crippen LogP contribution in [-0.4, -0.2) is 89.1 Å². The van der Waals surface area contributed by atoms with Gasteiger partial charge in [-0.05, 0) is 37.8 Å². The Kier molecular flexibility index (Phi) is 14.6. The van der Waals surface area contributed by atoms with E-state index in [1.165, 1.54) is 32.4 Å². The van der Waals surface area contributed by atoms with Crippen molar-refractivity contribution in [3.05, 3.63) is 71.1 Å². The third-order valence-electron chi connectivity index (χ3n) is 7.87. The number of nitrogens with one attached hydrogen (secondary N) is 2. The lowest BCUT2D eigenvalue weighted by molar-refractivity contribution is -0.121. The van der Waals surface area contributed by atoms with E-state index in [1.807, 2.05) is 19.9 Å². The monoisotopic (exact) mass is 629 g/mol. The van der Waals surface area contributed by atoms with Gasteiger partial charge in [-0.2, -0.15) is 0 Å². The number of rotatable bonds is 8. The second-order valence-electron chi connectivity index (χ2n) is 11.1. The Labute approximate surface area is 265 Å². The molecule has 248 valence electrons. The zero-order chi connectivity index (χ0) is 33.8. The Bertz CT molecular complexity index is 1280. The highest BCUT2D eigenvalue weighted by molar-refractivity contribution is 6.24. The van der Waals surface area contributed by atoms with Crippen LogP contribution in [0.5, 0.6) is 0 Å². The third kappa shape index (κ3) is 9.57. The molecule has 7 atom stereocenters. The van der Waals surface area contributed by atoms with E-state index >= 15 is 0 Å². The van der Waals surface area contributed by atoms with Crippen LogP contribution in [-0.2, 0) is 38.1 Å². The number of ether oxygens (including phenoxy) is 5. The minimum absolute atomic E-state index is 0.0516. The molecule has 0 saturated heterocycles. The maximum Gasteiger partial charge on any atom is 0.405 e. The molecule has 2 rings (SSSR count). The maximum atomic E-state index is 13.9. The molecule has 12 heteroatoms. The van der Waals surface area contributed by atoms with Crippen molar-refractivity contribution >= 4 is 23.6 Å². The fraction of sp³-hybridized carbons (Fsp3) is 0.515. The van der Waals surface area contributed by atoms with Crippen molar-refractivity contribution in [3.63, 3.8) is 0 Å².